The molecule has 2 aliphatic rings. The van der Waals surface area contributed by atoms with Gasteiger partial charge in [-0.05, 0) is 11.1 Å². The van der Waals surface area contributed by atoms with Gasteiger partial charge in [0.15, 0.2) is 0 Å². The molecule has 0 radical (unpaired) electrons. The number of benzene rings is 2. The number of piperazine rings is 1. The van der Waals surface area contributed by atoms with Gasteiger partial charge in [0, 0.05) is 39.1 Å². The second kappa shape index (κ2) is 11.3. The monoisotopic (exact) mass is 464 g/mol. The summed E-state index contributed by atoms with van der Waals surface area (Å²) in [6, 6.07) is 17.8. The van der Waals surface area contributed by atoms with Crippen molar-refractivity contribution in [3.05, 3.63) is 71.8 Å². The summed E-state index contributed by atoms with van der Waals surface area (Å²) in [5.74, 6) is -0.605. The zero-order chi connectivity index (χ0) is 23.9. The molecule has 0 saturated carbocycles. The third-order valence-electron chi connectivity index (χ3n) is 6.43. The first-order valence-electron chi connectivity index (χ1n) is 11.8. The maximum absolute atomic E-state index is 13.5. The fraction of sp³-hybridized carbons (Fsp3) is 0.423. The molecule has 0 bridgehead atoms. The summed E-state index contributed by atoms with van der Waals surface area (Å²) in [5.41, 5.74) is 8.23. The van der Waals surface area contributed by atoms with Crippen LogP contribution in [0.3, 0.4) is 0 Å². The highest BCUT2D eigenvalue weighted by molar-refractivity contribution is 5.93. The SMILES string of the molecule is N[C@@H](CC(=O)N1CCOCC1)C(=O)N1CCN(Cc2ccccc2)C(=O)[C@@H]1Cc1ccccc1. The normalized spacial score (nSPS) is 19.7. The van der Waals surface area contributed by atoms with Crippen molar-refractivity contribution in [2.75, 3.05) is 39.4 Å². The summed E-state index contributed by atoms with van der Waals surface area (Å²) in [4.78, 5) is 44.6. The molecular weight excluding hydrogens is 432 g/mol. The molecule has 180 valence electrons. The number of carbonyl (C=O) groups is 3. The Bertz CT molecular complexity index is 979. The van der Waals surface area contributed by atoms with Gasteiger partial charge in [-0.15, -0.1) is 0 Å². The molecule has 8 heteroatoms. The van der Waals surface area contributed by atoms with Crippen molar-refractivity contribution >= 4 is 17.7 Å². The highest BCUT2D eigenvalue weighted by atomic mass is 16.5. The Kier molecular flexibility index (Phi) is 7.92. The molecule has 34 heavy (non-hydrogen) atoms. The molecule has 2 saturated heterocycles. The lowest BCUT2D eigenvalue weighted by atomic mass is 9.99. The van der Waals surface area contributed by atoms with E-state index in [0.717, 1.165) is 11.1 Å². The number of morpholine rings is 1. The molecule has 0 aliphatic carbocycles. The lowest BCUT2D eigenvalue weighted by molar-refractivity contribution is -0.153. The van der Waals surface area contributed by atoms with Gasteiger partial charge in [0.2, 0.25) is 17.7 Å². The van der Waals surface area contributed by atoms with E-state index >= 15 is 0 Å². The van der Waals surface area contributed by atoms with Crippen molar-refractivity contribution in [3.8, 4) is 0 Å². The van der Waals surface area contributed by atoms with Gasteiger partial charge in [-0.2, -0.15) is 0 Å². The molecule has 0 aromatic heterocycles. The summed E-state index contributed by atoms with van der Waals surface area (Å²) < 4.78 is 5.29. The number of hydrogen-bond donors (Lipinski definition) is 1. The molecule has 0 spiro atoms. The van der Waals surface area contributed by atoms with Crippen LogP contribution in [0, 0.1) is 0 Å². The Balaban J connectivity index is 1.48. The van der Waals surface area contributed by atoms with Crippen molar-refractivity contribution in [1.29, 1.82) is 0 Å². The molecule has 2 aromatic rings. The molecule has 2 fully saturated rings. The maximum Gasteiger partial charge on any atom is 0.246 e. The van der Waals surface area contributed by atoms with E-state index in [1.54, 1.807) is 14.7 Å². The second-order valence-electron chi connectivity index (χ2n) is 8.79. The first-order valence-corrected chi connectivity index (χ1v) is 11.8. The number of nitrogens with zero attached hydrogens (tertiary/aromatic N) is 3. The van der Waals surface area contributed by atoms with Gasteiger partial charge in [-0.3, -0.25) is 14.4 Å². The molecule has 2 aliphatic heterocycles. The minimum absolute atomic E-state index is 0.0741. The van der Waals surface area contributed by atoms with Crippen LogP contribution in [0.5, 0.6) is 0 Å². The zero-order valence-electron chi connectivity index (χ0n) is 19.3. The molecule has 0 unspecified atom stereocenters. The van der Waals surface area contributed by atoms with Gasteiger partial charge in [0.05, 0.1) is 25.7 Å². The average Bonchev–Trinajstić information content (AvgIpc) is 2.88. The highest BCUT2D eigenvalue weighted by Crippen LogP contribution is 2.20. The predicted molar refractivity (Wildman–Crippen MR) is 127 cm³/mol. The summed E-state index contributed by atoms with van der Waals surface area (Å²) in [6.45, 7) is 3.30. The Morgan fingerprint density at radius 1 is 0.912 bits per heavy atom. The van der Waals surface area contributed by atoms with E-state index in [0.29, 0.717) is 52.4 Å². The van der Waals surface area contributed by atoms with E-state index in [4.69, 9.17) is 10.5 Å². The number of nitrogens with two attached hydrogens (primary N) is 1. The fourth-order valence-electron chi connectivity index (χ4n) is 4.53. The van der Waals surface area contributed by atoms with Crippen molar-refractivity contribution in [3.63, 3.8) is 0 Å². The van der Waals surface area contributed by atoms with Crippen LogP contribution in [0.4, 0.5) is 0 Å². The first kappa shape index (κ1) is 23.9. The Morgan fingerprint density at radius 2 is 1.53 bits per heavy atom. The summed E-state index contributed by atoms with van der Waals surface area (Å²) in [5, 5.41) is 0. The van der Waals surface area contributed by atoms with Gasteiger partial charge < -0.3 is 25.2 Å². The lowest BCUT2D eigenvalue weighted by Crippen LogP contribution is -2.62. The van der Waals surface area contributed by atoms with Crippen LogP contribution in [0.15, 0.2) is 60.7 Å². The zero-order valence-corrected chi connectivity index (χ0v) is 19.3. The minimum Gasteiger partial charge on any atom is -0.378 e. The summed E-state index contributed by atoms with van der Waals surface area (Å²) >= 11 is 0. The third-order valence-corrected chi connectivity index (χ3v) is 6.43. The van der Waals surface area contributed by atoms with E-state index in [2.05, 4.69) is 0 Å². The minimum atomic E-state index is -0.984. The Morgan fingerprint density at radius 3 is 2.18 bits per heavy atom. The standard InChI is InChI=1S/C26H32N4O4/c27-22(18-24(31)28-13-15-34-16-14-28)25(32)30-12-11-29(19-21-9-5-2-6-10-21)26(33)23(30)17-20-7-3-1-4-8-20/h1-10,22-23H,11-19,27H2/t22-,23-/m0/s1. The van der Waals surface area contributed by atoms with Crippen LogP contribution in [-0.4, -0.2) is 83.9 Å². The molecule has 4 rings (SSSR count). The maximum atomic E-state index is 13.5. The van der Waals surface area contributed by atoms with E-state index in [1.807, 2.05) is 60.7 Å². The van der Waals surface area contributed by atoms with Gasteiger partial charge in [0.25, 0.3) is 0 Å². The number of rotatable bonds is 7. The van der Waals surface area contributed by atoms with Crippen molar-refractivity contribution < 1.29 is 19.1 Å². The Hall–Kier alpha value is -3.23. The number of ether oxygens (including phenoxy) is 1. The second-order valence-corrected chi connectivity index (χ2v) is 8.79. The van der Waals surface area contributed by atoms with Crippen LogP contribution in [0.25, 0.3) is 0 Å². The van der Waals surface area contributed by atoms with Crippen LogP contribution in [-0.2, 0) is 32.1 Å². The molecule has 2 N–H and O–H groups in total. The number of amides is 3. The molecule has 2 atom stereocenters. The molecule has 2 heterocycles. The van der Waals surface area contributed by atoms with Crippen molar-refractivity contribution in [1.82, 2.24) is 14.7 Å². The summed E-state index contributed by atoms with van der Waals surface area (Å²) in [6.07, 6.45) is 0.330. The molecule has 8 nitrogen and oxygen atoms in total. The Labute approximate surface area is 200 Å². The quantitative estimate of drug-likeness (QED) is 0.661. The van der Waals surface area contributed by atoms with E-state index in [-0.39, 0.29) is 24.1 Å². The number of hydrogen-bond acceptors (Lipinski definition) is 5. The van der Waals surface area contributed by atoms with Crippen LogP contribution in [0.1, 0.15) is 17.5 Å². The summed E-state index contributed by atoms with van der Waals surface area (Å²) in [7, 11) is 0. The molecule has 2 aromatic carbocycles. The van der Waals surface area contributed by atoms with Crippen molar-refractivity contribution in [2.24, 2.45) is 5.73 Å². The van der Waals surface area contributed by atoms with E-state index < -0.39 is 12.1 Å². The molecule has 3 amide bonds. The smallest absolute Gasteiger partial charge is 0.246 e. The van der Waals surface area contributed by atoms with Gasteiger partial charge in [-0.1, -0.05) is 60.7 Å². The van der Waals surface area contributed by atoms with E-state index in [9.17, 15) is 14.4 Å². The topological polar surface area (TPSA) is 96.2 Å². The van der Waals surface area contributed by atoms with Gasteiger partial charge >= 0.3 is 0 Å². The fourth-order valence-corrected chi connectivity index (χ4v) is 4.53. The first-order chi connectivity index (χ1) is 16.5. The van der Waals surface area contributed by atoms with Crippen LogP contribution < -0.4 is 5.73 Å². The number of carbonyl (C=O) groups excluding carboxylic acids is 3. The van der Waals surface area contributed by atoms with Crippen molar-refractivity contribution in [2.45, 2.75) is 31.5 Å². The van der Waals surface area contributed by atoms with Crippen LogP contribution in [0.2, 0.25) is 0 Å². The average molecular weight is 465 g/mol. The van der Waals surface area contributed by atoms with Gasteiger partial charge in [-0.25, -0.2) is 0 Å². The van der Waals surface area contributed by atoms with Gasteiger partial charge in [0.1, 0.15) is 6.04 Å². The van der Waals surface area contributed by atoms with Crippen LogP contribution >= 0.6 is 0 Å². The highest BCUT2D eigenvalue weighted by Gasteiger charge is 2.39. The third kappa shape index (κ3) is 5.81. The largest absolute Gasteiger partial charge is 0.378 e. The lowest BCUT2D eigenvalue weighted by Gasteiger charge is -2.42. The predicted octanol–water partition coefficient (Wildman–Crippen LogP) is 1.04. The van der Waals surface area contributed by atoms with E-state index in [1.165, 1.54) is 0 Å². The molecular formula is C26H32N4O4.